The number of hydrogen-bond acceptors (Lipinski definition) is 5. The van der Waals surface area contributed by atoms with Gasteiger partial charge in [-0.1, -0.05) is 11.6 Å². The number of nitrogens with one attached hydrogen (secondary N) is 2. The standard InChI is InChI=1S/C25H26ClFN4O4/c1-13(22-18(26)8-14(9-19(22)27)11-30(2)3)28-23(33)15-4-5-17-16(10-15)12-31(25(17)35)20-6-7-21(32)29-24(20)34/h4-5,8-10,13,20H,6-7,11-12H2,1-3H3,(H,28,33)(H,29,32,34)/t13-,20?/m0/s1. The molecule has 1 saturated heterocycles. The van der Waals surface area contributed by atoms with E-state index in [9.17, 15) is 23.6 Å². The molecule has 0 aromatic heterocycles. The van der Waals surface area contributed by atoms with Gasteiger partial charge in [0.25, 0.3) is 11.8 Å². The van der Waals surface area contributed by atoms with E-state index in [4.69, 9.17) is 11.6 Å². The van der Waals surface area contributed by atoms with Crippen LogP contribution in [0.4, 0.5) is 4.39 Å². The predicted molar refractivity (Wildman–Crippen MR) is 127 cm³/mol. The molecule has 0 bridgehead atoms. The quantitative estimate of drug-likeness (QED) is 0.594. The molecule has 4 rings (SSSR count). The Morgan fingerprint density at radius 3 is 2.66 bits per heavy atom. The minimum absolute atomic E-state index is 0.158. The van der Waals surface area contributed by atoms with Crippen LogP contribution in [0.15, 0.2) is 30.3 Å². The molecule has 10 heteroatoms. The first kappa shape index (κ1) is 24.8. The Bertz CT molecular complexity index is 1210. The first-order valence-corrected chi connectivity index (χ1v) is 11.6. The molecule has 2 atom stereocenters. The Morgan fingerprint density at radius 2 is 2.00 bits per heavy atom. The Labute approximate surface area is 207 Å². The molecule has 0 saturated carbocycles. The van der Waals surface area contributed by atoms with Gasteiger partial charge < -0.3 is 15.1 Å². The van der Waals surface area contributed by atoms with Crippen molar-refractivity contribution in [1.29, 1.82) is 0 Å². The molecule has 2 aliphatic rings. The molecule has 2 aromatic rings. The summed E-state index contributed by atoms with van der Waals surface area (Å²) >= 11 is 6.34. The van der Waals surface area contributed by atoms with Gasteiger partial charge in [-0.15, -0.1) is 0 Å². The van der Waals surface area contributed by atoms with Crippen LogP contribution < -0.4 is 10.6 Å². The molecule has 184 valence electrons. The van der Waals surface area contributed by atoms with Crippen LogP contribution in [0.1, 0.15) is 63.2 Å². The second-order valence-electron chi connectivity index (χ2n) is 9.18. The predicted octanol–water partition coefficient (Wildman–Crippen LogP) is 2.79. The van der Waals surface area contributed by atoms with E-state index in [-0.39, 0.29) is 41.8 Å². The topological polar surface area (TPSA) is 98.8 Å². The van der Waals surface area contributed by atoms with Crippen molar-refractivity contribution in [2.75, 3.05) is 14.1 Å². The van der Waals surface area contributed by atoms with Crippen LogP contribution in [-0.4, -0.2) is 53.6 Å². The first-order chi connectivity index (χ1) is 16.5. The van der Waals surface area contributed by atoms with E-state index in [1.165, 1.54) is 17.0 Å². The summed E-state index contributed by atoms with van der Waals surface area (Å²) in [5, 5.41) is 5.26. The second-order valence-corrected chi connectivity index (χ2v) is 9.59. The molecule has 2 N–H and O–H groups in total. The van der Waals surface area contributed by atoms with E-state index >= 15 is 0 Å². The Morgan fingerprint density at radius 1 is 1.26 bits per heavy atom. The molecule has 2 heterocycles. The summed E-state index contributed by atoms with van der Waals surface area (Å²) in [6.07, 6.45) is 0.423. The van der Waals surface area contributed by atoms with Gasteiger partial charge in [-0.3, -0.25) is 24.5 Å². The highest BCUT2D eigenvalue weighted by Crippen LogP contribution is 2.30. The zero-order valence-electron chi connectivity index (χ0n) is 19.7. The zero-order valence-corrected chi connectivity index (χ0v) is 20.4. The number of halogens is 2. The summed E-state index contributed by atoms with van der Waals surface area (Å²) in [6, 6.07) is 6.34. The lowest BCUT2D eigenvalue weighted by atomic mass is 10.0. The van der Waals surface area contributed by atoms with Crippen molar-refractivity contribution < 1.29 is 23.6 Å². The Hall–Kier alpha value is -3.30. The fraction of sp³-hybridized carbons (Fsp3) is 0.360. The third kappa shape index (κ3) is 5.06. The van der Waals surface area contributed by atoms with Gasteiger partial charge in [0.1, 0.15) is 11.9 Å². The lowest BCUT2D eigenvalue weighted by Gasteiger charge is -2.29. The molecule has 1 unspecified atom stereocenters. The number of benzene rings is 2. The average Bonchev–Trinajstić information content (AvgIpc) is 3.08. The van der Waals surface area contributed by atoms with E-state index in [0.29, 0.717) is 23.2 Å². The molecule has 1 fully saturated rings. The summed E-state index contributed by atoms with van der Waals surface area (Å²) in [5.41, 5.74) is 2.24. The van der Waals surface area contributed by atoms with Crippen LogP contribution in [0.3, 0.4) is 0 Å². The van der Waals surface area contributed by atoms with Crippen molar-refractivity contribution in [1.82, 2.24) is 20.4 Å². The van der Waals surface area contributed by atoms with Gasteiger partial charge in [0, 0.05) is 41.2 Å². The van der Waals surface area contributed by atoms with Crippen molar-refractivity contribution in [2.24, 2.45) is 0 Å². The van der Waals surface area contributed by atoms with E-state index in [1.807, 2.05) is 19.0 Å². The maximum absolute atomic E-state index is 14.8. The monoisotopic (exact) mass is 500 g/mol. The molecule has 4 amide bonds. The van der Waals surface area contributed by atoms with Gasteiger partial charge in [0.05, 0.1) is 6.04 Å². The van der Waals surface area contributed by atoms with Gasteiger partial charge in [-0.05, 0) is 68.9 Å². The minimum atomic E-state index is -0.731. The highest BCUT2D eigenvalue weighted by molar-refractivity contribution is 6.31. The summed E-state index contributed by atoms with van der Waals surface area (Å²) in [4.78, 5) is 52.7. The number of nitrogens with zero attached hydrogens (tertiary/aromatic N) is 2. The maximum atomic E-state index is 14.8. The normalized spacial score (nSPS) is 18.5. The number of carbonyl (C=O) groups excluding carboxylic acids is 4. The van der Waals surface area contributed by atoms with Crippen LogP contribution in [0, 0.1) is 5.82 Å². The van der Waals surface area contributed by atoms with Gasteiger partial charge in [0.2, 0.25) is 11.8 Å². The molecule has 0 aliphatic carbocycles. The molecule has 8 nitrogen and oxygen atoms in total. The van der Waals surface area contributed by atoms with Gasteiger partial charge in [0.15, 0.2) is 0 Å². The van der Waals surface area contributed by atoms with E-state index < -0.39 is 29.7 Å². The molecule has 2 aromatic carbocycles. The van der Waals surface area contributed by atoms with Crippen LogP contribution in [0.25, 0.3) is 0 Å². The fourth-order valence-corrected chi connectivity index (χ4v) is 4.97. The van der Waals surface area contributed by atoms with Crippen molar-refractivity contribution in [2.45, 2.75) is 44.9 Å². The largest absolute Gasteiger partial charge is 0.345 e. The van der Waals surface area contributed by atoms with E-state index in [1.54, 1.807) is 25.1 Å². The minimum Gasteiger partial charge on any atom is -0.345 e. The van der Waals surface area contributed by atoms with Gasteiger partial charge >= 0.3 is 0 Å². The molecular formula is C25H26ClFN4O4. The first-order valence-electron chi connectivity index (χ1n) is 11.3. The van der Waals surface area contributed by atoms with Crippen molar-refractivity contribution in [3.05, 3.63) is 69.0 Å². The highest BCUT2D eigenvalue weighted by Gasteiger charge is 2.39. The number of carbonyl (C=O) groups is 4. The Kier molecular flexibility index (Phi) is 6.91. The fourth-order valence-electron chi connectivity index (χ4n) is 4.57. The lowest BCUT2D eigenvalue weighted by Crippen LogP contribution is -2.52. The summed E-state index contributed by atoms with van der Waals surface area (Å²) < 4.78 is 14.8. The average molecular weight is 501 g/mol. The van der Waals surface area contributed by atoms with E-state index in [0.717, 1.165) is 5.56 Å². The maximum Gasteiger partial charge on any atom is 0.255 e. The zero-order chi connectivity index (χ0) is 25.4. The summed E-state index contributed by atoms with van der Waals surface area (Å²) in [7, 11) is 3.74. The van der Waals surface area contributed by atoms with Crippen LogP contribution in [0.2, 0.25) is 5.02 Å². The van der Waals surface area contributed by atoms with Crippen LogP contribution in [0.5, 0.6) is 0 Å². The number of amides is 4. The SMILES string of the molecule is C[C@H](NC(=O)c1ccc2c(c1)CN(C1CCC(=O)NC1=O)C2=O)c1c(F)cc(CN(C)C)cc1Cl. The van der Waals surface area contributed by atoms with Crippen molar-refractivity contribution in [3.8, 4) is 0 Å². The summed E-state index contributed by atoms with van der Waals surface area (Å²) in [5.74, 6) is -2.11. The molecule has 0 spiro atoms. The smallest absolute Gasteiger partial charge is 0.255 e. The highest BCUT2D eigenvalue weighted by atomic mass is 35.5. The number of imide groups is 1. The number of rotatable bonds is 6. The molecule has 35 heavy (non-hydrogen) atoms. The molecule has 2 aliphatic heterocycles. The second kappa shape index (κ2) is 9.75. The Balaban J connectivity index is 1.48. The van der Waals surface area contributed by atoms with Gasteiger partial charge in [-0.25, -0.2) is 4.39 Å². The van der Waals surface area contributed by atoms with E-state index in [2.05, 4.69) is 10.6 Å². The van der Waals surface area contributed by atoms with Crippen LogP contribution in [-0.2, 0) is 22.7 Å². The molecule has 0 radical (unpaired) electrons. The summed E-state index contributed by atoms with van der Waals surface area (Å²) in [6.45, 7) is 2.33. The third-order valence-electron chi connectivity index (χ3n) is 6.20. The third-order valence-corrected chi connectivity index (χ3v) is 6.52. The number of hydrogen-bond donors (Lipinski definition) is 2. The van der Waals surface area contributed by atoms with Crippen molar-refractivity contribution in [3.63, 3.8) is 0 Å². The number of fused-ring (bicyclic) bond motifs is 1. The van der Waals surface area contributed by atoms with Crippen LogP contribution >= 0.6 is 11.6 Å². The molecular weight excluding hydrogens is 475 g/mol. The number of piperidine rings is 1. The lowest BCUT2D eigenvalue weighted by molar-refractivity contribution is -0.136. The van der Waals surface area contributed by atoms with Gasteiger partial charge in [-0.2, -0.15) is 0 Å². The van der Waals surface area contributed by atoms with Crippen molar-refractivity contribution >= 4 is 35.2 Å².